The van der Waals surface area contributed by atoms with Crippen molar-refractivity contribution in [3.8, 4) is 0 Å². The zero-order valence-corrected chi connectivity index (χ0v) is 9.68. The van der Waals surface area contributed by atoms with Gasteiger partial charge in [0.1, 0.15) is 6.61 Å². The van der Waals surface area contributed by atoms with E-state index in [1.54, 1.807) is 0 Å². The van der Waals surface area contributed by atoms with Gasteiger partial charge in [-0.2, -0.15) is 0 Å². The van der Waals surface area contributed by atoms with Crippen LogP contribution in [0.1, 0.15) is 26.2 Å². The highest BCUT2D eigenvalue weighted by Gasteiger charge is 2.28. The lowest BCUT2D eigenvalue weighted by atomic mass is 10.3. The van der Waals surface area contributed by atoms with E-state index in [1.807, 2.05) is 0 Å². The quantitative estimate of drug-likeness (QED) is 0.433. The summed E-state index contributed by atoms with van der Waals surface area (Å²) in [5, 5.41) is 9.33. The molecule has 0 spiro atoms. The second-order valence-electron chi connectivity index (χ2n) is 2.46. The molecule has 0 saturated carbocycles. The Balaban J connectivity index is 3.31. The Morgan fingerprint density at radius 3 is 2.75 bits per heavy atom. The van der Waals surface area contributed by atoms with E-state index in [1.165, 1.54) is 0 Å². The highest BCUT2D eigenvalue weighted by Crippen LogP contribution is 2.28. The van der Waals surface area contributed by atoms with Gasteiger partial charge in [-0.15, -0.1) is 4.52 Å². The average Bonchev–Trinajstić information content (AvgIpc) is 2.10. The van der Waals surface area contributed by atoms with Gasteiger partial charge in [-0.1, -0.05) is 35.7 Å². The minimum atomic E-state index is -1.90. The Kier molecular flexibility index (Phi) is 8.45. The topological polar surface area (TPSA) is 46.5 Å². The van der Waals surface area contributed by atoms with Crippen LogP contribution >= 0.6 is 24.0 Å². The second-order valence-corrected chi connectivity index (χ2v) is 4.53. The van der Waals surface area contributed by atoms with Gasteiger partial charge < -0.3 is 5.11 Å². The fourth-order valence-electron chi connectivity index (χ4n) is 0.649. The average molecular weight is 258 g/mol. The molecular weight excluding hydrogens is 243 g/mol. The number of rotatable bonds is 7. The number of halogens is 1. The molecule has 0 aliphatic heterocycles. The molecule has 0 bridgehead atoms. The Morgan fingerprint density at radius 2 is 2.25 bits per heavy atom. The second kappa shape index (κ2) is 8.11. The molecule has 0 heterocycles. The highest BCUT2D eigenvalue weighted by atomic mass is 79.9. The maximum Gasteiger partial charge on any atom is 0.541 e. The zero-order chi connectivity index (χ0) is 9.40. The molecule has 12 heavy (non-hydrogen) atoms. The van der Waals surface area contributed by atoms with E-state index < -0.39 is 13.9 Å². The summed E-state index contributed by atoms with van der Waals surface area (Å²) in [6.45, 7) is 2.57. The number of hydrogen-bond donors (Lipinski definition) is 1. The Hall–Kier alpha value is 0.500. The summed E-state index contributed by atoms with van der Waals surface area (Å²) in [5.41, 5.74) is 0. The van der Waals surface area contributed by atoms with Crippen molar-refractivity contribution < 1.29 is 14.2 Å². The smallest absolute Gasteiger partial charge is 0.348 e. The first-order valence-electron chi connectivity index (χ1n) is 4.05. The largest absolute Gasteiger partial charge is 0.541 e. The predicted octanol–water partition coefficient (Wildman–Crippen LogP) is 2.65. The van der Waals surface area contributed by atoms with Crippen molar-refractivity contribution in [2.45, 2.75) is 32.0 Å². The molecule has 0 saturated heterocycles. The molecule has 0 fully saturated rings. The van der Waals surface area contributed by atoms with Crippen molar-refractivity contribution in [1.29, 1.82) is 0 Å². The van der Waals surface area contributed by atoms with Crippen LogP contribution in [0.2, 0.25) is 0 Å². The summed E-state index contributed by atoms with van der Waals surface area (Å²) in [6, 6.07) is 0. The van der Waals surface area contributed by atoms with Gasteiger partial charge in [0.2, 0.25) is 0 Å². The van der Waals surface area contributed by atoms with Crippen LogP contribution in [-0.4, -0.2) is 22.9 Å². The molecule has 0 radical (unpaired) electrons. The van der Waals surface area contributed by atoms with E-state index in [-0.39, 0.29) is 0 Å². The van der Waals surface area contributed by atoms with Crippen LogP contribution in [-0.2, 0) is 9.09 Å². The number of unbranched alkanes of at least 4 members (excludes halogenated alkanes) is 2. The molecule has 0 aliphatic carbocycles. The third kappa shape index (κ3) is 6.06. The first-order valence-corrected chi connectivity index (χ1v) is 6.42. The van der Waals surface area contributed by atoms with Crippen LogP contribution in [0.3, 0.4) is 0 Å². The lowest BCUT2D eigenvalue weighted by Gasteiger charge is -1.94. The predicted molar refractivity (Wildman–Crippen MR) is 52.9 cm³/mol. The summed E-state index contributed by atoms with van der Waals surface area (Å²) >= 11 is 3.02. The van der Waals surface area contributed by atoms with Crippen molar-refractivity contribution >= 4 is 24.0 Å². The van der Waals surface area contributed by atoms with Gasteiger partial charge in [0, 0.05) is 0 Å². The molecule has 3 nitrogen and oxygen atoms in total. The van der Waals surface area contributed by atoms with Gasteiger partial charge in [-0.25, -0.2) is 0 Å². The van der Waals surface area contributed by atoms with Crippen molar-refractivity contribution in [3.63, 3.8) is 0 Å². The molecule has 1 N–H and O–H groups in total. The molecule has 0 aliphatic rings. The Bertz CT molecular complexity index is 132. The number of alkyl halides is 1. The number of hydrogen-bond acceptors (Lipinski definition) is 3. The van der Waals surface area contributed by atoms with Crippen LogP contribution in [0.4, 0.5) is 0 Å². The molecule has 5 heteroatoms. The standard InChI is InChI=1S/C7H15BrO3P/c1-2-3-4-5-11-12(10)7(9)6-8/h7,9H,2-6H2,1H3/q+1. The minimum Gasteiger partial charge on any atom is -0.348 e. The van der Waals surface area contributed by atoms with Gasteiger partial charge in [0.15, 0.2) is 0 Å². The van der Waals surface area contributed by atoms with E-state index in [0.29, 0.717) is 11.9 Å². The van der Waals surface area contributed by atoms with E-state index in [9.17, 15) is 4.57 Å². The molecule has 2 unspecified atom stereocenters. The molecule has 0 amide bonds. The Labute approximate surface area is 82.5 Å². The molecule has 72 valence electrons. The summed E-state index contributed by atoms with van der Waals surface area (Å²) in [7, 11) is -1.90. The maximum atomic E-state index is 11.0. The third-order valence-electron chi connectivity index (χ3n) is 1.35. The normalized spacial score (nSPS) is 14.4. The maximum absolute atomic E-state index is 11.0. The van der Waals surface area contributed by atoms with Crippen molar-refractivity contribution in [3.05, 3.63) is 0 Å². The summed E-state index contributed by atoms with van der Waals surface area (Å²) in [4.78, 5) is 0. The molecule has 0 aromatic rings. The van der Waals surface area contributed by atoms with Crippen LogP contribution < -0.4 is 0 Å². The zero-order valence-electron chi connectivity index (χ0n) is 7.20. The van der Waals surface area contributed by atoms with Crippen LogP contribution in [0.5, 0.6) is 0 Å². The van der Waals surface area contributed by atoms with E-state index >= 15 is 0 Å². The first kappa shape index (κ1) is 12.5. The van der Waals surface area contributed by atoms with E-state index in [2.05, 4.69) is 22.9 Å². The van der Waals surface area contributed by atoms with Crippen LogP contribution in [0.15, 0.2) is 0 Å². The summed E-state index contributed by atoms with van der Waals surface area (Å²) in [6.07, 6.45) is 3.10. The molecular formula is C7H15BrO3P+. The molecule has 2 atom stereocenters. The fourth-order valence-corrected chi connectivity index (χ4v) is 1.95. The molecule has 0 rings (SSSR count). The van der Waals surface area contributed by atoms with Crippen molar-refractivity contribution in [1.82, 2.24) is 0 Å². The molecule has 0 aromatic heterocycles. The fraction of sp³-hybridized carbons (Fsp3) is 1.00. The third-order valence-corrected chi connectivity index (χ3v) is 3.57. The van der Waals surface area contributed by atoms with E-state index in [4.69, 9.17) is 9.63 Å². The van der Waals surface area contributed by atoms with Gasteiger partial charge in [0.05, 0.1) is 5.33 Å². The lowest BCUT2D eigenvalue weighted by Crippen LogP contribution is -2.03. The van der Waals surface area contributed by atoms with Crippen LogP contribution in [0, 0.1) is 0 Å². The van der Waals surface area contributed by atoms with Crippen LogP contribution in [0.25, 0.3) is 0 Å². The lowest BCUT2D eigenvalue weighted by molar-refractivity contribution is 0.234. The SMILES string of the molecule is CCCCCO[P+](=O)C(O)CBr. The van der Waals surface area contributed by atoms with Crippen molar-refractivity contribution in [2.24, 2.45) is 0 Å². The number of aliphatic hydroxyl groups excluding tert-OH is 1. The monoisotopic (exact) mass is 257 g/mol. The van der Waals surface area contributed by atoms with Gasteiger partial charge in [-0.3, -0.25) is 0 Å². The molecule has 0 aromatic carbocycles. The van der Waals surface area contributed by atoms with Crippen molar-refractivity contribution in [2.75, 3.05) is 11.9 Å². The summed E-state index contributed by atoms with van der Waals surface area (Å²) < 4.78 is 15.9. The summed E-state index contributed by atoms with van der Waals surface area (Å²) in [5.74, 6) is -0.873. The van der Waals surface area contributed by atoms with E-state index in [0.717, 1.165) is 19.3 Å². The van der Waals surface area contributed by atoms with Gasteiger partial charge in [0.25, 0.3) is 5.85 Å². The number of aliphatic hydroxyl groups is 1. The van der Waals surface area contributed by atoms with Gasteiger partial charge in [-0.05, 0) is 11.0 Å². The first-order chi connectivity index (χ1) is 5.72. The minimum absolute atomic E-state index is 0.302. The van der Waals surface area contributed by atoms with Gasteiger partial charge >= 0.3 is 8.03 Å². The Morgan fingerprint density at radius 1 is 1.58 bits per heavy atom. The highest BCUT2D eigenvalue weighted by molar-refractivity contribution is 9.09.